The number of rotatable bonds is 3. The Bertz CT molecular complexity index is 369. The second-order valence-corrected chi connectivity index (χ2v) is 8.35. The maximum Gasteiger partial charge on any atom is 0.205 e. The van der Waals surface area contributed by atoms with Crippen LogP contribution in [0, 0.1) is 11.5 Å². The van der Waals surface area contributed by atoms with Crippen LogP contribution in [0.2, 0.25) is 13.1 Å². The summed E-state index contributed by atoms with van der Waals surface area (Å²) in [6.07, 6.45) is 0. The van der Waals surface area contributed by atoms with E-state index in [0.29, 0.717) is 0 Å². The van der Waals surface area contributed by atoms with Crippen LogP contribution in [0.3, 0.4) is 0 Å². The molecule has 0 atom stereocenters. The van der Waals surface area contributed by atoms with Gasteiger partial charge in [-0.05, 0) is 38.3 Å². The van der Waals surface area contributed by atoms with Crippen LogP contribution in [0.25, 0.3) is 0 Å². The fourth-order valence-corrected chi connectivity index (χ4v) is 4.03. The van der Waals surface area contributed by atoms with Crippen LogP contribution in [0.15, 0.2) is 30.3 Å². The topological polar surface area (TPSA) is 3.24 Å². The van der Waals surface area contributed by atoms with Crippen LogP contribution in [-0.2, 0) is 0 Å². The van der Waals surface area contributed by atoms with E-state index in [-0.39, 0.29) is 0 Å². The smallest absolute Gasteiger partial charge is 0.205 e. The molecule has 0 radical (unpaired) electrons. The first kappa shape index (κ1) is 13.0. The van der Waals surface area contributed by atoms with Gasteiger partial charge < -0.3 is 4.57 Å². The second-order valence-electron chi connectivity index (χ2n) is 4.35. The quantitative estimate of drug-likeness (QED) is 0.571. The van der Waals surface area contributed by atoms with Gasteiger partial charge in [0.15, 0.2) is 0 Å². The molecule has 2 heteroatoms. The molecule has 0 aromatic heterocycles. The van der Waals surface area contributed by atoms with Crippen LogP contribution in [0.4, 0.5) is 0 Å². The minimum absolute atomic E-state index is 1.10. The van der Waals surface area contributed by atoms with E-state index in [1.807, 2.05) is 18.2 Å². The molecule has 0 spiro atoms. The molecule has 1 nitrogen and oxygen atoms in total. The molecule has 1 aromatic rings. The van der Waals surface area contributed by atoms with E-state index in [1.54, 1.807) is 0 Å². The average Bonchev–Trinajstić information content (AvgIpc) is 2.29. The van der Waals surface area contributed by atoms with Crippen molar-refractivity contribution in [3.63, 3.8) is 0 Å². The van der Waals surface area contributed by atoms with Gasteiger partial charge in [0.05, 0.1) is 0 Å². The SMILES string of the molecule is CCN(CC)[Si](C)(C)C#Cc1ccccc1. The fraction of sp³-hybridized carbons (Fsp3) is 0.429. The van der Waals surface area contributed by atoms with Crippen LogP contribution < -0.4 is 0 Å². The highest BCUT2D eigenvalue weighted by Gasteiger charge is 2.24. The first-order valence-electron chi connectivity index (χ1n) is 5.93. The summed E-state index contributed by atoms with van der Waals surface area (Å²) < 4.78 is 2.50. The van der Waals surface area contributed by atoms with E-state index < -0.39 is 8.24 Å². The lowest BCUT2D eigenvalue weighted by molar-refractivity contribution is 0.475. The number of hydrogen-bond donors (Lipinski definition) is 0. The van der Waals surface area contributed by atoms with Crippen molar-refractivity contribution in [2.45, 2.75) is 26.9 Å². The summed E-state index contributed by atoms with van der Waals surface area (Å²) in [6, 6.07) is 10.2. The van der Waals surface area contributed by atoms with Gasteiger partial charge >= 0.3 is 0 Å². The van der Waals surface area contributed by atoms with E-state index in [0.717, 1.165) is 18.7 Å². The third kappa shape index (κ3) is 3.51. The molecule has 0 saturated carbocycles. The molecule has 0 aliphatic carbocycles. The highest BCUT2D eigenvalue weighted by molar-refractivity contribution is 6.82. The van der Waals surface area contributed by atoms with Gasteiger partial charge in [-0.1, -0.05) is 38.0 Å². The van der Waals surface area contributed by atoms with Gasteiger partial charge in [-0.3, -0.25) is 0 Å². The van der Waals surface area contributed by atoms with Gasteiger partial charge in [-0.15, -0.1) is 5.54 Å². The molecule has 0 heterocycles. The zero-order valence-corrected chi connectivity index (χ0v) is 11.7. The Labute approximate surface area is 101 Å². The van der Waals surface area contributed by atoms with Crippen molar-refractivity contribution in [3.8, 4) is 11.5 Å². The van der Waals surface area contributed by atoms with Crippen LogP contribution in [0.1, 0.15) is 19.4 Å². The van der Waals surface area contributed by atoms with Gasteiger partial charge in [-0.25, -0.2) is 0 Å². The molecule has 0 bridgehead atoms. The third-order valence-corrected chi connectivity index (χ3v) is 5.79. The minimum Gasteiger partial charge on any atom is -0.315 e. The van der Waals surface area contributed by atoms with Crippen molar-refractivity contribution in [2.75, 3.05) is 13.1 Å². The van der Waals surface area contributed by atoms with Crippen LogP contribution in [-0.4, -0.2) is 25.9 Å². The van der Waals surface area contributed by atoms with Gasteiger partial charge in [-0.2, -0.15) is 0 Å². The largest absolute Gasteiger partial charge is 0.315 e. The normalized spacial score (nSPS) is 11.1. The molecule has 0 saturated heterocycles. The summed E-state index contributed by atoms with van der Waals surface area (Å²) in [7, 11) is -1.54. The zero-order valence-electron chi connectivity index (χ0n) is 10.7. The van der Waals surface area contributed by atoms with Crippen LogP contribution in [0.5, 0.6) is 0 Å². The molecule has 0 unspecified atom stereocenters. The molecule has 0 aliphatic rings. The molecule has 0 amide bonds. The monoisotopic (exact) mass is 231 g/mol. The van der Waals surface area contributed by atoms with Gasteiger partial charge in [0, 0.05) is 5.56 Å². The van der Waals surface area contributed by atoms with E-state index in [9.17, 15) is 0 Å². The molecule has 0 N–H and O–H groups in total. The predicted octanol–water partition coefficient (Wildman–Crippen LogP) is 3.12. The molecular formula is C14H21NSi. The summed E-state index contributed by atoms with van der Waals surface area (Å²) in [5, 5.41) is 0. The number of nitrogens with zero attached hydrogens (tertiary/aromatic N) is 1. The van der Waals surface area contributed by atoms with Crippen LogP contribution >= 0.6 is 0 Å². The summed E-state index contributed by atoms with van der Waals surface area (Å²) in [6.45, 7) is 11.2. The Morgan fingerprint density at radius 3 is 2.12 bits per heavy atom. The van der Waals surface area contributed by atoms with Gasteiger partial charge in [0.1, 0.15) is 0 Å². The highest BCUT2D eigenvalue weighted by atomic mass is 28.3. The summed E-state index contributed by atoms with van der Waals surface area (Å²) in [4.78, 5) is 0. The Kier molecular flexibility index (Phi) is 4.79. The van der Waals surface area contributed by atoms with Crippen molar-refractivity contribution >= 4 is 8.24 Å². The molecule has 1 aromatic carbocycles. The maximum absolute atomic E-state index is 3.49. The van der Waals surface area contributed by atoms with Gasteiger partial charge in [0.2, 0.25) is 8.24 Å². The Balaban J connectivity index is 2.84. The molecular weight excluding hydrogens is 210 g/mol. The van der Waals surface area contributed by atoms with E-state index >= 15 is 0 Å². The van der Waals surface area contributed by atoms with Crippen molar-refractivity contribution in [1.82, 2.24) is 4.57 Å². The fourth-order valence-electron chi connectivity index (χ4n) is 1.84. The second kappa shape index (κ2) is 5.88. The molecule has 1 rings (SSSR count). The average molecular weight is 231 g/mol. The number of hydrogen-bond acceptors (Lipinski definition) is 1. The minimum atomic E-state index is -1.54. The van der Waals surface area contributed by atoms with Gasteiger partial charge in [0.25, 0.3) is 0 Å². The predicted molar refractivity (Wildman–Crippen MR) is 73.7 cm³/mol. The lowest BCUT2D eigenvalue weighted by atomic mass is 10.2. The van der Waals surface area contributed by atoms with E-state index in [2.05, 4.69) is 55.1 Å². The molecule has 0 fully saturated rings. The summed E-state index contributed by atoms with van der Waals surface area (Å²) in [5.41, 5.74) is 4.61. The van der Waals surface area contributed by atoms with Crippen molar-refractivity contribution in [2.24, 2.45) is 0 Å². The summed E-state index contributed by atoms with van der Waals surface area (Å²) >= 11 is 0. The lowest BCUT2D eigenvalue weighted by Gasteiger charge is -2.30. The Morgan fingerprint density at radius 1 is 1.06 bits per heavy atom. The zero-order chi connectivity index (χ0) is 12.0. The first-order valence-corrected chi connectivity index (χ1v) is 8.88. The molecule has 16 heavy (non-hydrogen) atoms. The number of benzene rings is 1. The van der Waals surface area contributed by atoms with E-state index in [4.69, 9.17) is 0 Å². The van der Waals surface area contributed by atoms with Crippen molar-refractivity contribution in [1.29, 1.82) is 0 Å². The summed E-state index contributed by atoms with van der Waals surface area (Å²) in [5.74, 6) is 3.30. The van der Waals surface area contributed by atoms with Crippen molar-refractivity contribution in [3.05, 3.63) is 35.9 Å². The van der Waals surface area contributed by atoms with Crippen molar-refractivity contribution < 1.29 is 0 Å². The standard InChI is InChI=1S/C14H21NSi/c1-5-15(6-2)16(3,4)13-12-14-10-8-7-9-11-14/h7-11H,5-6H2,1-4H3. The lowest BCUT2D eigenvalue weighted by Crippen LogP contribution is -2.47. The highest BCUT2D eigenvalue weighted by Crippen LogP contribution is 2.08. The first-order chi connectivity index (χ1) is 7.60. The molecule has 86 valence electrons. The Hall–Kier alpha value is -1.04. The third-order valence-electron chi connectivity index (χ3n) is 2.84. The molecule has 0 aliphatic heterocycles. The Morgan fingerprint density at radius 2 is 1.62 bits per heavy atom. The maximum atomic E-state index is 3.49. The van der Waals surface area contributed by atoms with E-state index in [1.165, 1.54) is 0 Å².